The van der Waals surface area contributed by atoms with Gasteiger partial charge in [0, 0.05) is 46.5 Å². The molecule has 0 saturated carbocycles. The van der Waals surface area contributed by atoms with Crippen molar-refractivity contribution in [1.29, 1.82) is 5.26 Å². The predicted octanol–water partition coefficient (Wildman–Crippen LogP) is 5.39. The molecular formula is C27H29N5O2S. The fourth-order valence-corrected chi connectivity index (χ4v) is 5.06. The molecule has 1 atom stereocenters. The predicted molar refractivity (Wildman–Crippen MR) is 137 cm³/mol. The number of aromatic nitrogens is 3. The van der Waals surface area contributed by atoms with E-state index in [9.17, 15) is 10.1 Å². The minimum absolute atomic E-state index is 0.0597. The topological polar surface area (TPSA) is 92.8 Å². The van der Waals surface area contributed by atoms with Crippen LogP contribution in [0.3, 0.4) is 0 Å². The van der Waals surface area contributed by atoms with Gasteiger partial charge in [0.2, 0.25) is 0 Å². The first kappa shape index (κ1) is 24.7. The van der Waals surface area contributed by atoms with Crippen molar-refractivity contribution in [2.45, 2.75) is 63.2 Å². The van der Waals surface area contributed by atoms with Gasteiger partial charge in [0.05, 0.1) is 6.10 Å². The molecule has 35 heavy (non-hydrogen) atoms. The molecule has 1 aromatic carbocycles. The van der Waals surface area contributed by atoms with E-state index in [0.717, 1.165) is 59.2 Å². The molecule has 0 aliphatic carbocycles. The van der Waals surface area contributed by atoms with E-state index in [1.165, 1.54) is 11.8 Å². The molecular weight excluding hydrogens is 458 g/mol. The number of nitrogens with zero attached hydrogens (tertiary/aromatic N) is 4. The van der Waals surface area contributed by atoms with Gasteiger partial charge in [0.25, 0.3) is 5.91 Å². The Morgan fingerprint density at radius 3 is 2.54 bits per heavy atom. The van der Waals surface area contributed by atoms with Crippen molar-refractivity contribution in [2.24, 2.45) is 0 Å². The molecule has 1 aliphatic heterocycles. The van der Waals surface area contributed by atoms with Gasteiger partial charge < -0.3 is 14.6 Å². The van der Waals surface area contributed by atoms with Crippen molar-refractivity contribution < 1.29 is 9.53 Å². The van der Waals surface area contributed by atoms with Crippen LogP contribution in [0.4, 0.5) is 5.69 Å². The van der Waals surface area contributed by atoms with Crippen LogP contribution in [0.15, 0.2) is 52.0 Å². The molecule has 4 rings (SSSR count). The van der Waals surface area contributed by atoms with Crippen molar-refractivity contribution in [3.05, 3.63) is 70.3 Å². The number of aryl methyl sites for hydroxylation is 3. The number of anilines is 1. The lowest BCUT2D eigenvalue weighted by Crippen LogP contribution is -2.17. The zero-order chi connectivity index (χ0) is 24.9. The summed E-state index contributed by atoms with van der Waals surface area (Å²) in [5.41, 5.74) is 5.50. The molecule has 8 heteroatoms. The third kappa shape index (κ3) is 6.18. The summed E-state index contributed by atoms with van der Waals surface area (Å²) in [6.07, 6.45) is 4.03. The summed E-state index contributed by atoms with van der Waals surface area (Å²) in [4.78, 5) is 22.7. The van der Waals surface area contributed by atoms with Crippen LogP contribution in [0, 0.1) is 39.0 Å². The normalized spacial score (nSPS) is 15.7. The maximum absolute atomic E-state index is 12.8. The highest BCUT2D eigenvalue weighted by Gasteiger charge is 2.19. The Labute approximate surface area is 210 Å². The van der Waals surface area contributed by atoms with E-state index < -0.39 is 5.91 Å². The number of ether oxygens (including phenoxy) is 1. The second kappa shape index (κ2) is 10.9. The highest BCUT2D eigenvalue weighted by atomic mass is 32.2. The van der Waals surface area contributed by atoms with Gasteiger partial charge in [-0.15, -0.1) is 0 Å². The summed E-state index contributed by atoms with van der Waals surface area (Å²) < 4.78 is 7.97. The lowest BCUT2D eigenvalue weighted by molar-refractivity contribution is -0.112. The summed E-state index contributed by atoms with van der Waals surface area (Å²) in [5.74, 6) is -0.436. The fraction of sp³-hybridized carbons (Fsp3) is 0.333. The van der Waals surface area contributed by atoms with Crippen LogP contribution in [-0.2, 0) is 16.1 Å². The number of nitrogens with one attached hydrogen (secondary N) is 1. The van der Waals surface area contributed by atoms with Crippen LogP contribution in [0.2, 0.25) is 0 Å². The van der Waals surface area contributed by atoms with Crippen molar-refractivity contribution in [3.8, 4) is 6.07 Å². The van der Waals surface area contributed by atoms with E-state index in [-0.39, 0.29) is 11.7 Å². The average molecular weight is 488 g/mol. The number of rotatable bonds is 7. The fourth-order valence-electron chi connectivity index (χ4n) is 4.20. The second-order valence-electron chi connectivity index (χ2n) is 8.76. The smallest absolute Gasteiger partial charge is 0.266 e. The van der Waals surface area contributed by atoms with Crippen LogP contribution in [0.1, 0.15) is 41.2 Å². The lowest BCUT2D eigenvalue weighted by atomic mass is 10.1. The average Bonchev–Trinajstić information content (AvgIpc) is 3.42. The Balaban J connectivity index is 1.44. The Bertz CT molecular complexity index is 1280. The number of hydrogen-bond acceptors (Lipinski definition) is 6. The van der Waals surface area contributed by atoms with Crippen LogP contribution in [-0.4, -0.2) is 33.2 Å². The maximum atomic E-state index is 12.8. The van der Waals surface area contributed by atoms with Gasteiger partial charge in [-0.2, -0.15) is 5.26 Å². The number of carbonyl (C=O) groups is 1. The number of nitriles is 1. The summed E-state index contributed by atoms with van der Waals surface area (Å²) in [6.45, 7) is 9.54. The van der Waals surface area contributed by atoms with E-state index in [1.807, 2.05) is 70.2 Å². The number of benzene rings is 1. The standard InChI is InChI=1S/C27H29N5O2S/c1-17-12-18(2)30-27(29-17)35-25-9-7-23(8-10-25)31-26(33)22(15-28)14-21-13-19(3)32(20(21)4)16-24-6-5-11-34-24/h7-10,12-14,24H,5-6,11,16H2,1-4H3,(H,31,33)/b22-14+. The molecule has 1 amide bonds. The summed E-state index contributed by atoms with van der Waals surface area (Å²) in [7, 11) is 0. The Morgan fingerprint density at radius 2 is 1.91 bits per heavy atom. The van der Waals surface area contributed by atoms with Gasteiger partial charge >= 0.3 is 0 Å². The minimum atomic E-state index is -0.436. The van der Waals surface area contributed by atoms with E-state index in [1.54, 1.807) is 6.08 Å². The summed E-state index contributed by atoms with van der Waals surface area (Å²) >= 11 is 1.46. The first-order chi connectivity index (χ1) is 16.8. The zero-order valence-corrected chi connectivity index (χ0v) is 21.3. The van der Waals surface area contributed by atoms with Gasteiger partial charge in [-0.1, -0.05) is 0 Å². The highest BCUT2D eigenvalue weighted by molar-refractivity contribution is 7.99. The number of amides is 1. The maximum Gasteiger partial charge on any atom is 0.266 e. The van der Waals surface area contributed by atoms with E-state index in [4.69, 9.17) is 4.74 Å². The van der Waals surface area contributed by atoms with Crippen LogP contribution in [0.25, 0.3) is 6.08 Å². The molecule has 7 nitrogen and oxygen atoms in total. The van der Waals surface area contributed by atoms with Crippen molar-refractivity contribution in [3.63, 3.8) is 0 Å². The Kier molecular flexibility index (Phi) is 7.69. The first-order valence-corrected chi connectivity index (χ1v) is 12.5. The molecule has 0 bridgehead atoms. The quantitative estimate of drug-likeness (QED) is 0.273. The molecule has 0 radical (unpaired) electrons. The Hall–Kier alpha value is -3.41. The van der Waals surface area contributed by atoms with Gasteiger partial charge in [-0.3, -0.25) is 4.79 Å². The molecule has 3 heterocycles. The summed E-state index contributed by atoms with van der Waals surface area (Å²) in [6, 6.07) is 13.4. The molecule has 3 aromatic rings. The van der Waals surface area contributed by atoms with Gasteiger partial charge in [0.1, 0.15) is 11.6 Å². The van der Waals surface area contributed by atoms with Gasteiger partial charge in [0.15, 0.2) is 5.16 Å². The second-order valence-corrected chi connectivity index (χ2v) is 9.80. The monoisotopic (exact) mass is 487 g/mol. The number of hydrogen-bond donors (Lipinski definition) is 1. The van der Waals surface area contributed by atoms with Crippen LogP contribution >= 0.6 is 11.8 Å². The number of carbonyl (C=O) groups excluding carboxylic acids is 1. The molecule has 1 fully saturated rings. The third-order valence-corrected chi connectivity index (χ3v) is 6.84. The van der Waals surface area contributed by atoms with E-state index >= 15 is 0 Å². The van der Waals surface area contributed by atoms with Crippen molar-refractivity contribution in [2.75, 3.05) is 11.9 Å². The van der Waals surface area contributed by atoms with Crippen molar-refractivity contribution in [1.82, 2.24) is 14.5 Å². The summed E-state index contributed by atoms with van der Waals surface area (Å²) in [5, 5.41) is 13.2. The first-order valence-electron chi connectivity index (χ1n) is 11.6. The molecule has 2 aromatic heterocycles. The lowest BCUT2D eigenvalue weighted by Gasteiger charge is -2.14. The zero-order valence-electron chi connectivity index (χ0n) is 20.5. The SMILES string of the molecule is Cc1cc(C)nc(Sc2ccc(NC(=O)/C(C#N)=C/c3cc(C)n(CC4CCCO4)c3C)cc2)n1. The minimum Gasteiger partial charge on any atom is -0.376 e. The van der Waals surface area contributed by atoms with Crippen molar-refractivity contribution >= 4 is 29.4 Å². The largest absolute Gasteiger partial charge is 0.376 e. The third-order valence-electron chi connectivity index (χ3n) is 5.97. The van der Waals surface area contributed by atoms with E-state index in [2.05, 4.69) is 19.9 Å². The molecule has 180 valence electrons. The molecule has 1 aliphatic rings. The Morgan fingerprint density at radius 1 is 1.20 bits per heavy atom. The molecule has 0 spiro atoms. The van der Waals surface area contributed by atoms with Crippen LogP contribution < -0.4 is 5.32 Å². The van der Waals surface area contributed by atoms with Gasteiger partial charge in [-0.05, 0) is 100 Å². The van der Waals surface area contributed by atoms with E-state index in [0.29, 0.717) is 10.8 Å². The highest BCUT2D eigenvalue weighted by Crippen LogP contribution is 2.27. The molecule has 1 unspecified atom stereocenters. The molecule has 1 saturated heterocycles. The van der Waals surface area contributed by atoms with Gasteiger partial charge in [-0.25, -0.2) is 9.97 Å². The molecule has 1 N–H and O–H groups in total. The van der Waals surface area contributed by atoms with Crippen LogP contribution in [0.5, 0.6) is 0 Å².